The molecule has 0 unspecified atom stereocenters. The van der Waals surface area contributed by atoms with E-state index in [1.807, 2.05) is 0 Å². The van der Waals surface area contributed by atoms with E-state index >= 15 is 0 Å². The van der Waals surface area contributed by atoms with Crippen LogP contribution in [0.3, 0.4) is 0 Å². The van der Waals surface area contributed by atoms with Crippen LogP contribution < -0.4 is 5.32 Å². The summed E-state index contributed by atoms with van der Waals surface area (Å²) in [5.74, 6) is -1.95. The molecule has 0 heterocycles. The van der Waals surface area contributed by atoms with Crippen molar-refractivity contribution in [2.45, 2.75) is 6.54 Å². The van der Waals surface area contributed by atoms with Gasteiger partial charge in [-0.15, -0.1) is 0 Å². The number of rotatable bonds is 4. The molecule has 0 saturated heterocycles. The Balaban J connectivity index is 2.24. The summed E-state index contributed by atoms with van der Waals surface area (Å²) in [6.07, 6.45) is 0. The predicted octanol–water partition coefficient (Wildman–Crippen LogP) is 4.79. The summed E-state index contributed by atoms with van der Waals surface area (Å²) in [5.41, 5.74) is 0.306. The first-order valence-corrected chi connectivity index (χ1v) is 6.45. The Labute approximate surface area is 128 Å². The van der Waals surface area contributed by atoms with Gasteiger partial charge in [0.05, 0.1) is 15.0 Å². The average Bonchev–Trinajstić information content (AvgIpc) is 2.43. The summed E-state index contributed by atoms with van der Waals surface area (Å²) in [4.78, 5) is 10.3. The molecule has 0 saturated carbocycles. The monoisotopic (exact) mass is 332 g/mol. The average molecular weight is 333 g/mol. The van der Waals surface area contributed by atoms with Crippen LogP contribution in [0.2, 0.25) is 10.0 Å². The van der Waals surface area contributed by atoms with Gasteiger partial charge in [-0.1, -0.05) is 29.3 Å². The molecule has 0 aromatic heterocycles. The number of hydrogen-bond donors (Lipinski definition) is 1. The van der Waals surface area contributed by atoms with E-state index in [0.29, 0.717) is 5.56 Å². The van der Waals surface area contributed by atoms with Crippen molar-refractivity contribution in [1.29, 1.82) is 0 Å². The van der Waals surface area contributed by atoms with Crippen LogP contribution in [0.15, 0.2) is 30.3 Å². The normalized spacial score (nSPS) is 10.5. The summed E-state index contributed by atoms with van der Waals surface area (Å²) >= 11 is 11.5. The first kappa shape index (κ1) is 15.5. The van der Waals surface area contributed by atoms with Crippen molar-refractivity contribution in [2.75, 3.05) is 5.32 Å². The Morgan fingerprint density at radius 2 is 1.76 bits per heavy atom. The van der Waals surface area contributed by atoms with E-state index in [9.17, 15) is 18.9 Å². The number of nitro groups is 1. The fourth-order valence-electron chi connectivity index (χ4n) is 1.68. The van der Waals surface area contributed by atoms with Gasteiger partial charge in [0.1, 0.15) is 5.69 Å². The summed E-state index contributed by atoms with van der Waals surface area (Å²) in [5, 5.41) is 13.9. The number of nitrogens with zero attached hydrogens (tertiary/aromatic N) is 1. The Kier molecular flexibility index (Phi) is 4.59. The molecular weight excluding hydrogens is 325 g/mol. The topological polar surface area (TPSA) is 55.2 Å². The van der Waals surface area contributed by atoms with Crippen LogP contribution in [0.25, 0.3) is 0 Å². The molecule has 2 aromatic rings. The van der Waals surface area contributed by atoms with Gasteiger partial charge in [-0.3, -0.25) is 10.1 Å². The van der Waals surface area contributed by atoms with Gasteiger partial charge >= 0.3 is 0 Å². The zero-order valence-electron chi connectivity index (χ0n) is 10.4. The molecule has 0 fully saturated rings. The second-order valence-electron chi connectivity index (χ2n) is 4.14. The highest BCUT2D eigenvalue weighted by molar-refractivity contribution is 6.42. The Bertz CT molecular complexity index is 711. The molecule has 4 nitrogen and oxygen atoms in total. The summed E-state index contributed by atoms with van der Waals surface area (Å²) < 4.78 is 25.9. The molecule has 0 spiro atoms. The van der Waals surface area contributed by atoms with Crippen LogP contribution in [0.1, 0.15) is 5.56 Å². The molecule has 0 aliphatic rings. The number of nitro benzene ring substituents is 1. The largest absolute Gasteiger partial charge is 0.375 e. The van der Waals surface area contributed by atoms with E-state index < -0.39 is 16.6 Å². The fraction of sp³-hybridized carbons (Fsp3) is 0.0769. The molecule has 8 heteroatoms. The highest BCUT2D eigenvalue weighted by atomic mass is 35.5. The van der Waals surface area contributed by atoms with E-state index in [0.717, 1.165) is 18.2 Å². The fourth-order valence-corrected chi connectivity index (χ4v) is 2.00. The number of benzene rings is 2. The van der Waals surface area contributed by atoms with Crippen molar-refractivity contribution in [3.63, 3.8) is 0 Å². The maximum Gasteiger partial charge on any atom is 0.293 e. The first-order chi connectivity index (χ1) is 9.88. The lowest BCUT2D eigenvalue weighted by Crippen LogP contribution is -2.03. The molecule has 110 valence electrons. The SMILES string of the molecule is O=[N+]([O-])c1cc(Cl)c(Cl)cc1NCc1ccc(F)c(F)c1. The summed E-state index contributed by atoms with van der Waals surface area (Å²) in [6.45, 7) is 0.0655. The van der Waals surface area contributed by atoms with Gasteiger partial charge in [0.25, 0.3) is 5.69 Å². The highest BCUT2D eigenvalue weighted by Gasteiger charge is 2.17. The minimum Gasteiger partial charge on any atom is -0.375 e. The van der Waals surface area contributed by atoms with Crippen molar-refractivity contribution in [3.8, 4) is 0 Å². The second kappa shape index (κ2) is 6.24. The maximum absolute atomic E-state index is 13.1. The van der Waals surface area contributed by atoms with Gasteiger partial charge in [0.15, 0.2) is 11.6 Å². The number of anilines is 1. The van der Waals surface area contributed by atoms with Gasteiger partial charge in [0, 0.05) is 12.6 Å². The molecule has 0 atom stereocenters. The smallest absolute Gasteiger partial charge is 0.293 e. The molecule has 2 rings (SSSR count). The van der Waals surface area contributed by atoms with Crippen LogP contribution in [0.4, 0.5) is 20.2 Å². The van der Waals surface area contributed by atoms with E-state index in [-0.39, 0.29) is 28.0 Å². The second-order valence-corrected chi connectivity index (χ2v) is 4.96. The minimum absolute atomic E-state index is 0.0572. The maximum atomic E-state index is 13.1. The highest BCUT2D eigenvalue weighted by Crippen LogP contribution is 2.34. The third kappa shape index (κ3) is 3.59. The van der Waals surface area contributed by atoms with E-state index in [1.165, 1.54) is 12.1 Å². The van der Waals surface area contributed by atoms with Crippen LogP contribution in [0.5, 0.6) is 0 Å². The van der Waals surface area contributed by atoms with Crippen molar-refractivity contribution in [2.24, 2.45) is 0 Å². The number of nitrogens with one attached hydrogen (secondary N) is 1. The standard InChI is InChI=1S/C13H8Cl2F2N2O2/c14-8-4-12(13(19(20)21)5-9(8)15)18-6-7-1-2-10(16)11(17)3-7/h1-5,18H,6H2. The molecule has 0 amide bonds. The zero-order chi connectivity index (χ0) is 15.6. The van der Waals surface area contributed by atoms with Crippen LogP contribution >= 0.6 is 23.2 Å². The zero-order valence-corrected chi connectivity index (χ0v) is 11.9. The van der Waals surface area contributed by atoms with Gasteiger partial charge in [-0.2, -0.15) is 0 Å². The lowest BCUT2D eigenvalue weighted by Gasteiger charge is -2.09. The van der Waals surface area contributed by atoms with E-state index in [2.05, 4.69) is 5.32 Å². The van der Waals surface area contributed by atoms with Gasteiger partial charge < -0.3 is 5.32 Å². The molecule has 0 bridgehead atoms. The first-order valence-electron chi connectivity index (χ1n) is 5.69. The number of hydrogen-bond acceptors (Lipinski definition) is 3. The van der Waals surface area contributed by atoms with Crippen molar-refractivity contribution < 1.29 is 13.7 Å². The van der Waals surface area contributed by atoms with Gasteiger partial charge in [-0.05, 0) is 23.8 Å². The molecule has 0 aliphatic carbocycles. The van der Waals surface area contributed by atoms with Crippen molar-refractivity contribution in [3.05, 3.63) is 67.7 Å². The predicted molar refractivity (Wildman–Crippen MR) is 76.8 cm³/mol. The molecule has 0 aliphatic heterocycles. The molecular formula is C13H8Cl2F2N2O2. The third-order valence-electron chi connectivity index (χ3n) is 2.70. The van der Waals surface area contributed by atoms with E-state index in [4.69, 9.17) is 23.2 Å². The van der Waals surface area contributed by atoms with E-state index in [1.54, 1.807) is 0 Å². The summed E-state index contributed by atoms with van der Waals surface area (Å²) in [7, 11) is 0. The number of halogens is 4. The molecule has 1 N–H and O–H groups in total. The van der Waals surface area contributed by atoms with Gasteiger partial charge in [0.2, 0.25) is 0 Å². The molecule has 0 radical (unpaired) electrons. The molecule has 21 heavy (non-hydrogen) atoms. The van der Waals surface area contributed by atoms with Gasteiger partial charge in [-0.25, -0.2) is 8.78 Å². The Hall–Kier alpha value is -1.92. The van der Waals surface area contributed by atoms with Crippen LogP contribution in [-0.2, 0) is 6.54 Å². The van der Waals surface area contributed by atoms with Crippen molar-refractivity contribution in [1.82, 2.24) is 0 Å². The lowest BCUT2D eigenvalue weighted by molar-refractivity contribution is -0.383. The quantitative estimate of drug-likeness (QED) is 0.646. The Morgan fingerprint density at radius 1 is 1.10 bits per heavy atom. The molecule has 2 aromatic carbocycles. The van der Waals surface area contributed by atoms with Crippen molar-refractivity contribution >= 4 is 34.6 Å². The lowest BCUT2D eigenvalue weighted by atomic mass is 10.2. The minimum atomic E-state index is -0.988. The third-order valence-corrected chi connectivity index (χ3v) is 3.42. The Morgan fingerprint density at radius 3 is 2.38 bits per heavy atom. The van der Waals surface area contributed by atoms with Crippen LogP contribution in [0, 0.1) is 21.7 Å². The summed E-state index contributed by atoms with van der Waals surface area (Å²) in [6, 6.07) is 5.79. The van der Waals surface area contributed by atoms with Crippen LogP contribution in [-0.4, -0.2) is 4.92 Å².